The van der Waals surface area contributed by atoms with Crippen molar-refractivity contribution in [1.29, 1.82) is 0 Å². The largest absolute Gasteiger partial charge is 0.448 e. The summed E-state index contributed by atoms with van der Waals surface area (Å²) >= 11 is 1.46. The Morgan fingerprint density at radius 1 is 1.15 bits per heavy atom. The van der Waals surface area contributed by atoms with Crippen molar-refractivity contribution in [1.82, 2.24) is 0 Å². The van der Waals surface area contributed by atoms with Crippen LogP contribution in [0.2, 0.25) is 0 Å². The minimum atomic E-state index is -0.928. The molecule has 0 bridgehead atoms. The van der Waals surface area contributed by atoms with Gasteiger partial charge in [-0.15, -0.1) is 11.3 Å². The third-order valence-corrected chi connectivity index (χ3v) is 5.60. The Bertz CT molecular complexity index is 832. The van der Waals surface area contributed by atoms with Gasteiger partial charge in [-0.3, -0.25) is 9.59 Å². The van der Waals surface area contributed by atoms with E-state index in [0.717, 1.165) is 25.7 Å². The first-order valence-electron chi connectivity index (χ1n) is 8.68. The van der Waals surface area contributed by atoms with Crippen molar-refractivity contribution < 1.29 is 19.1 Å². The molecular weight excluding hydrogens is 350 g/mol. The Labute approximate surface area is 156 Å². The minimum absolute atomic E-state index is 0.0813. The Balaban J connectivity index is 1.62. The van der Waals surface area contributed by atoms with Crippen LogP contribution in [0.4, 0.5) is 5.69 Å². The molecule has 0 fully saturated rings. The number of amides is 1. The van der Waals surface area contributed by atoms with Crippen LogP contribution < -0.4 is 5.32 Å². The predicted molar refractivity (Wildman–Crippen MR) is 101 cm³/mol. The SMILES string of the molecule is CC(=O)c1cccc(NC(=O)[C@@H](C)OC(=O)c2cc3c(s2)CCCC3)c1. The van der Waals surface area contributed by atoms with Gasteiger partial charge < -0.3 is 10.1 Å². The summed E-state index contributed by atoms with van der Waals surface area (Å²) in [6.07, 6.45) is 3.39. The summed E-state index contributed by atoms with van der Waals surface area (Å²) in [5, 5.41) is 2.68. The van der Waals surface area contributed by atoms with Crippen molar-refractivity contribution in [2.24, 2.45) is 0 Å². The zero-order valence-corrected chi connectivity index (χ0v) is 15.7. The van der Waals surface area contributed by atoms with Crippen molar-refractivity contribution in [3.05, 3.63) is 51.2 Å². The number of rotatable bonds is 5. The molecule has 1 aromatic carbocycles. The predicted octanol–water partition coefficient (Wildman–Crippen LogP) is 4.01. The van der Waals surface area contributed by atoms with Crippen LogP contribution in [0.25, 0.3) is 0 Å². The highest BCUT2D eigenvalue weighted by Gasteiger charge is 2.23. The molecule has 1 atom stereocenters. The molecule has 3 rings (SSSR count). The van der Waals surface area contributed by atoms with Crippen molar-refractivity contribution in [2.45, 2.75) is 45.6 Å². The number of Topliss-reactive ketones (excluding diaryl/α,β-unsaturated/α-hetero) is 1. The fraction of sp³-hybridized carbons (Fsp3) is 0.350. The molecule has 0 saturated carbocycles. The normalized spacial score (nSPS) is 14.2. The summed E-state index contributed by atoms with van der Waals surface area (Å²) in [7, 11) is 0. The topological polar surface area (TPSA) is 72.5 Å². The standard InChI is InChI=1S/C20H21NO4S/c1-12(22)14-7-5-8-16(10-14)21-19(23)13(2)25-20(24)18-11-15-6-3-4-9-17(15)26-18/h5,7-8,10-11,13H,3-4,6,9H2,1-2H3,(H,21,23)/t13-/m1/s1. The highest BCUT2D eigenvalue weighted by molar-refractivity contribution is 7.14. The molecule has 1 heterocycles. The van der Waals surface area contributed by atoms with Gasteiger partial charge in [0.2, 0.25) is 0 Å². The fourth-order valence-corrected chi connectivity index (χ4v) is 4.06. The van der Waals surface area contributed by atoms with Crippen LogP contribution in [0.5, 0.6) is 0 Å². The number of nitrogens with one attached hydrogen (secondary N) is 1. The van der Waals surface area contributed by atoms with E-state index in [1.54, 1.807) is 24.3 Å². The summed E-state index contributed by atoms with van der Waals surface area (Å²) in [5.41, 5.74) is 2.24. The molecule has 0 aliphatic heterocycles. The quantitative estimate of drug-likeness (QED) is 0.637. The first-order valence-corrected chi connectivity index (χ1v) is 9.50. The smallest absolute Gasteiger partial charge is 0.349 e. The van der Waals surface area contributed by atoms with E-state index in [1.807, 2.05) is 6.07 Å². The third-order valence-electron chi connectivity index (χ3n) is 4.39. The van der Waals surface area contributed by atoms with Crippen LogP contribution in [0.3, 0.4) is 0 Å². The van der Waals surface area contributed by atoms with Crippen LogP contribution in [0, 0.1) is 0 Å². The van der Waals surface area contributed by atoms with E-state index in [1.165, 1.54) is 35.6 Å². The lowest BCUT2D eigenvalue weighted by atomic mass is 9.99. The van der Waals surface area contributed by atoms with Crippen molar-refractivity contribution in [3.8, 4) is 0 Å². The molecule has 26 heavy (non-hydrogen) atoms. The number of hydrogen-bond acceptors (Lipinski definition) is 5. The maximum absolute atomic E-state index is 12.3. The Hall–Kier alpha value is -2.47. The molecule has 1 aromatic heterocycles. The number of carbonyl (C=O) groups excluding carboxylic acids is 3. The number of thiophene rings is 1. The third kappa shape index (κ3) is 4.19. The van der Waals surface area contributed by atoms with Gasteiger partial charge in [-0.2, -0.15) is 0 Å². The molecule has 1 aliphatic carbocycles. The molecule has 0 radical (unpaired) electrons. The highest BCUT2D eigenvalue weighted by Crippen LogP contribution is 2.30. The number of carbonyl (C=O) groups is 3. The van der Waals surface area contributed by atoms with E-state index >= 15 is 0 Å². The maximum Gasteiger partial charge on any atom is 0.349 e. The number of ether oxygens (including phenoxy) is 1. The summed E-state index contributed by atoms with van der Waals surface area (Å²) < 4.78 is 5.32. The molecule has 1 aliphatic rings. The highest BCUT2D eigenvalue weighted by atomic mass is 32.1. The van der Waals surface area contributed by atoms with E-state index in [2.05, 4.69) is 5.32 Å². The lowest BCUT2D eigenvalue weighted by molar-refractivity contribution is -0.123. The van der Waals surface area contributed by atoms with Gasteiger partial charge in [0, 0.05) is 16.1 Å². The number of fused-ring (bicyclic) bond motifs is 1. The average molecular weight is 371 g/mol. The molecule has 136 valence electrons. The zero-order valence-electron chi connectivity index (χ0n) is 14.8. The molecular formula is C20H21NO4S. The Morgan fingerprint density at radius 2 is 1.92 bits per heavy atom. The lowest BCUT2D eigenvalue weighted by Gasteiger charge is -2.13. The Kier molecular flexibility index (Phi) is 5.52. The molecule has 1 N–H and O–H groups in total. The van der Waals surface area contributed by atoms with Gasteiger partial charge in [0.05, 0.1) is 0 Å². The van der Waals surface area contributed by atoms with E-state index < -0.39 is 18.0 Å². The summed E-state index contributed by atoms with van der Waals surface area (Å²) in [4.78, 5) is 37.8. The molecule has 0 saturated heterocycles. The first-order chi connectivity index (χ1) is 12.4. The molecule has 0 spiro atoms. The van der Waals surface area contributed by atoms with Gasteiger partial charge in [0.25, 0.3) is 5.91 Å². The molecule has 0 unspecified atom stereocenters. The van der Waals surface area contributed by atoms with Crippen molar-refractivity contribution >= 4 is 34.7 Å². The van der Waals surface area contributed by atoms with Crippen LogP contribution in [-0.2, 0) is 22.4 Å². The van der Waals surface area contributed by atoms with Crippen molar-refractivity contribution in [3.63, 3.8) is 0 Å². The van der Waals surface area contributed by atoms with Crippen molar-refractivity contribution in [2.75, 3.05) is 5.32 Å². The second-order valence-electron chi connectivity index (χ2n) is 6.44. The zero-order chi connectivity index (χ0) is 18.7. The lowest BCUT2D eigenvalue weighted by Crippen LogP contribution is -2.29. The first kappa shape index (κ1) is 18.3. The van der Waals surface area contributed by atoms with Crippen LogP contribution in [-0.4, -0.2) is 23.8 Å². The number of esters is 1. The van der Waals surface area contributed by atoms with Crippen LogP contribution in [0.15, 0.2) is 30.3 Å². The average Bonchev–Trinajstić information content (AvgIpc) is 3.06. The van der Waals surface area contributed by atoms with Gasteiger partial charge in [-0.25, -0.2) is 4.79 Å². The molecule has 5 nitrogen and oxygen atoms in total. The summed E-state index contributed by atoms with van der Waals surface area (Å²) in [6, 6.07) is 8.55. The molecule has 2 aromatic rings. The minimum Gasteiger partial charge on any atom is -0.448 e. The summed E-state index contributed by atoms with van der Waals surface area (Å²) in [6.45, 7) is 3.00. The monoisotopic (exact) mass is 371 g/mol. The van der Waals surface area contributed by atoms with Gasteiger partial charge in [-0.1, -0.05) is 12.1 Å². The van der Waals surface area contributed by atoms with E-state index in [-0.39, 0.29) is 5.78 Å². The van der Waals surface area contributed by atoms with Gasteiger partial charge in [0.15, 0.2) is 11.9 Å². The fourth-order valence-electron chi connectivity index (χ4n) is 2.92. The van der Waals surface area contributed by atoms with E-state index in [0.29, 0.717) is 16.1 Å². The van der Waals surface area contributed by atoms with Gasteiger partial charge >= 0.3 is 5.97 Å². The summed E-state index contributed by atoms with van der Waals surface area (Å²) in [5.74, 6) is -0.979. The van der Waals surface area contributed by atoms with E-state index in [4.69, 9.17) is 4.74 Å². The van der Waals surface area contributed by atoms with Gasteiger partial charge in [-0.05, 0) is 63.3 Å². The van der Waals surface area contributed by atoms with Gasteiger partial charge in [0.1, 0.15) is 4.88 Å². The second kappa shape index (κ2) is 7.83. The maximum atomic E-state index is 12.3. The number of hydrogen-bond donors (Lipinski definition) is 1. The number of ketones is 1. The van der Waals surface area contributed by atoms with Crippen LogP contribution >= 0.6 is 11.3 Å². The number of anilines is 1. The Morgan fingerprint density at radius 3 is 2.65 bits per heavy atom. The molecule has 6 heteroatoms. The number of benzene rings is 1. The molecule has 1 amide bonds. The van der Waals surface area contributed by atoms with E-state index in [9.17, 15) is 14.4 Å². The second-order valence-corrected chi connectivity index (χ2v) is 7.58. The number of aryl methyl sites for hydroxylation is 2. The van der Waals surface area contributed by atoms with Crippen LogP contribution in [0.1, 0.15) is 57.2 Å².